The molecule has 0 radical (unpaired) electrons. The lowest BCUT2D eigenvalue weighted by atomic mass is 10.1. The number of fused-ring (bicyclic) bond motifs is 1. The van der Waals surface area contributed by atoms with Gasteiger partial charge in [0.25, 0.3) is 5.56 Å². The molecule has 2 heterocycles. The number of para-hydroxylation sites is 1. The third-order valence-corrected chi connectivity index (χ3v) is 6.61. The van der Waals surface area contributed by atoms with E-state index in [0.29, 0.717) is 22.7 Å². The highest BCUT2D eigenvalue weighted by molar-refractivity contribution is 7.98. The number of ether oxygens (including phenoxy) is 1. The van der Waals surface area contributed by atoms with Crippen molar-refractivity contribution in [2.24, 2.45) is 0 Å². The van der Waals surface area contributed by atoms with Crippen LogP contribution in [0.4, 0.5) is 0 Å². The van der Waals surface area contributed by atoms with Gasteiger partial charge in [0.2, 0.25) is 0 Å². The smallest absolute Gasteiger partial charge is 0.278 e. The molecular formula is C27H23N3O2S. The van der Waals surface area contributed by atoms with E-state index in [4.69, 9.17) is 9.72 Å². The van der Waals surface area contributed by atoms with Crippen LogP contribution in [0.2, 0.25) is 0 Å². The first-order valence-corrected chi connectivity index (χ1v) is 11.7. The molecular weight excluding hydrogens is 430 g/mol. The summed E-state index contributed by atoms with van der Waals surface area (Å²) in [5.41, 5.74) is 5.16. The molecule has 0 aliphatic rings. The first-order chi connectivity index (χ1) is 16.2. The number of H-pyrrole nitrogens is 1. The zero-order chi connectivity index (χ0) is 22.6. The van der Waals surface area contributed by atoms with Crippen LogP contribution in [0, 0.1) is 0 Å². The fourth-order valence-corrected chi connectivity index (χ4v) is 4.83. The average molecular weight is 454 g/mol. The summed E-state index contributed by atoms with van der Waals surface area (Å²) in [6.45, 7) is 0.378. The van der Waals surface area contributed by atoms with Crippen molar-refractivity contribution in [1.29, 1.82) is 0 Å². The van der Waals surface area contributed by atoms with E-state index < -0.39 is 0 Å². The van der Waals surface area contributed by atoms with Crippen LogP contribution in [0.25, 0.3) is 22.2 Å². The van der Waals surface area contributed by atoms with Crippen molar-refractivity contribution in [3.05, 3.63) is 113 Å². The van der Waals surface area contributed by atoms with E-state index in [-0.39, 0.29) is 5.56 Å². The number of hydrogen-bond acceptors (Lipinski definition) is 4. The first-order valence-electron chi connectivity index (χ1n) is 10.7. The third-order valence-electron chi connectivity index (χ3n) is 5.57. The number of nitrogens with one attached hydrogen (secondary N) is 1. The zero-order valence-corrected chi connectivity index (χ0v) is 19.0. The summed E-state index contributed by atoms with van der Waals surface area (Å²) < 4.78 is 7.26. The predicted octanol–water partition coefficient (Wildman–Crippen LogP) is 5.74. The lowest BCUT2D eigenvalue weighted by molar-refractivity contribution is 0.407. The standard InChI is InChI=1S/C27H23N3O2S/c1-32-23-15-9-8-14-21(23)17-30-26(31)25-24(22(16-28-25)20-12-6-3-7-13-20)29-27(30)33-18-19-10-4-2-5-11-19/h2-16,28H,17-18H2,1H3. The maximum atomic E-state index is 13.6. The van der Waals surface area contributed by atoms with Gasteiger partial charge in [-0.25, -0.2) is 4.98 Å². The molecule has 0 atom stereocenters. The Labute approximate surface area is 196 Å². The highest BCUT2D eigenvalue weighted by Gasteiger charge is 2.18. The first kappa shape index (κ1) is 21.1. The second kappa shape index (κ2) is 9.38. The molecule has 0 fully saturated rings. The largest absolute Gasteiger partial charge is 0.496 e. The number of thioether (sulfide) groups is 1. The summed E-state index contributed by atoms with van der Waals surface area (Å²) in [6.07, 6.45) is 1.87. The number of aromatic amines is 1. The highest BCUT2D eigenvalue weighted by Crippen LogP contribution is 2.29. The molecule has 3 aromatic carbocycles. The van der Waals surface area contributed by atoms with E-state index in [1.807, 2.05) is 79.0 Å². The second-order valence-corrected chi connectivity index (χ2v) is 8.61. The van der Waals surface area contributed by atoms with Crippen LogP contribution in [-0.2, 0) is 12.3 Å². The number of rotatable bonds is 7. The normalized spacial score (nSPS) is 11.1. The number of aromatic nitrogens is 3. The minimum atomic E-state index is -0.0938. The van der Waals surface area contributed by atoms with Crippen molar-refractivity contribution in [2.45, 2.75) is 17.5 Å². The van der Waals surface area contributed by atoms with E-state index in [9.17, 15) is 4.79 Å². The Hall–Kier alpha value is -3.77. The quantitative estimate of drug-likeness (QED) is 0.252. The maximum absolute atomic E-state index is 13.6. The number of hydrogen-bond donors (Lipinski definition) is 1. The second-order valence-electron chi connectivity index (χ2n) is 7.66. The molecule has 0 amide bonds. The Bertz CT molecular complexity index is 1440. The van der Waals surface area contributed by atoms with E-state index in [1.165, 1.54) is 5.56 Å². The van der Waals surface area contributed by atoms with Crippen LogP contribution in [0.3, 0.4) is 0 Å². The van der Waals surface area contributed by atoms with Crippen LogP contribution in [-0.4, -0.2) is 21.6 Å². The number of methoxy groups -OCH3 is 1. The highest BCUT2D eigenvalue weighted by atomic mass is 32.2. The van der Waals surface area contributed by atoms with E-state index >= 15 is 0 Å². The molecule has 0 unspecified atom stereocenters. The molecule has 5 nitrogen and oxygen atoms in total. The molecule has 1 N–H and O–H groups in total. The Morgan fingerprint density at radius 3 is 2.39 bits per heavy atom. The van der Waals surface area contributed by atoms with Crippen molar-refractivity contribution >= 4 is 22.8 Å². The molecule has 6 heteroatoms. The van der Waals surface area contributed by atoms with Gasteiger partial charge >= 0.3 is 0 Å². The molecule has 0 saturated heterocycles. The van der Waals surface area contributed by atoms with Crippen LogP contribution in [0.15, 0.2) is 101 Å². The average Bonchev–Trinajstić information content (AvgIpc) is 3.30. The van der Waals surface area contributed by atoms with E-state index in [1.54, 1.807) is 23.4 Å². The topological polar surface area (TPSA) is 59.9 Å². The van der Waals surface area contributed by atoms with Crippen molar-refractivity contribution in [2.75, 3.05) is 7.11 Å². The molecule has 33 heavy (non-hydrogen) atoms. The van der Waals surface area contributed by atoms with E-state index in [2.05, 4.69) is 17.1 Å². The van der Waals surface area contributed by atoms with Gasteiger partial charge in [-0.3, -0.25) is 9.36 Å². The number of benzene rings is 3. The molecule has 0 aliphatic carbocycles. The van der Waals surface area contributed by atoms with Crippen molar-refractivity contribution in [3.63, 3.8) is 0 Å². The van der Waals surface area contributed by atoms with Crippen molar-refractivity contribution in [3.8, 4) is 16.9 Å². The molecule has 0 aliphatic heterocycles. The Balaban J connectivity index is 1.63. The summed E-state index contributed by atoms with van der Waals surface area (Å²) in [5.74, 6) is 1.47. The Morgan fingerprint density at radius 2 is 1.64 bits per heavy atom. The minimum absolute atomic E-state index is 0.0938. The summed E-state index contributed by atoms with van der Waals surface area (Å²) in [6, 6.07) is 28.0. The van der Waals surface area contributed by atoms with Gasteiger partial charge in [0.1, 0.15) is 16.8 Å². The summed E-state index contributed by atoms with van der Waals surface area (Å²) in [4.78, 5) is 21.8. The molecule has 164 valence electrons. The van der Waals surface area contributed by atoms with Gasteiger partial charge in [-0.2, -0.15) is 0 Å². The van der Waals surface area contributed by atoms with Gasteiger partial charge in [0, 0.05) is 23.1 Å². The minimum Gasteiger partial charge on any atom is -0.496 e. The van der Waals surface area contributed by atoms with Gasteiger partial charge in [-0.05, 0) is 17.2 Å². The van der Waals surface area contributed by atoms with Gasteiger partial charge < -0.3 is 9.72 Å². The Kier molecular flexibility index (Phi) is 6.00. The summed E-state index contributed by atoms with van der Waals surface area (Å²) >= 11 is 1.57. The fraction of sp³-hybridized carbons (Fsp3) is 0.111. The molecule has 0 saturated carbocycles. The SMILES string of the molecule is COc1ccccc1Cn1c(SCc2ccccc2)nc2c(-c3ccccc3)c[nH]c2c1=O. The lowest BCUT2D eigenvalue weighted by Gasteiger charge is -2.14. The molecule has 2 aromatic heterocycles. The van der Waals surface area contributed by atoms with E-state index in [0.717, 1.165) is 28.2 Å². The lowest BCUT2D eigenvalue weighted by Crippen LogP contribution is -2.24. The monoisotopic (exact) mass is 453 g/mol. The van der Waals surface area contributed by atoms with Gasteiger partial charge in [-0.1, -0.05) is 90.6 Å². The zero-order valence-electron chi connectivity index (χ0n) is 18.2. The molecule has 5 rings (SSSR count). The van der Waals surface area contributed by atoms with Crippen LogP contribution < -0.4 is 10.3 Å². The van der Waals surface area contributed by atoms with Crippen LogP contribution in [0.5, 0.6) is 5.75 Å². The predicted molar refractivity (Wildman–Crippen MR) is 134 cm³/mol. The van der Waals surface area contributed by atoms with Crippen molar-refractivity contribution < 1.29 is 4.74 Å². The fourth-order valence-electron chi connectivity index (χ4n) is 3.89. The summed E-state index contributed by atoms with van der Waals surface area (Å²) in [7, 11) is 1.64. The van der Waals surface area contributed by atoms with Gasteiger partial charge in [0.15, 0.2) is 5.16 Å². The maximum Gasteiger partial charge on any atom is 0.278 e. The Morgan fingerprint density at radius 1 is 0.939 bits per heavy atom. The molecule has 0 spiro atoms. The summed E-state index contributed by atoms with van der Waals surface area (Å²) in [5, 5.41) is 0.680. The molecule has 0 bridgehead atoms. The van der Waals surface area contributed by atoms with Crippen LogP contribution in [0.1, 0.15) is 11.1 Å². The van der Waals surface area contributed by atoms with Crippen LogP contribution >= 0.6 is 11.8 Å². The third kappa shape index (κ3) is 4.30. The van der Waals surface area contributed by atoms with Crippen molar-refractivity contribution in [1.82, 2.24) is 14.5 Å². The number of nitrogens with zero attached hydrogens (tertiary/aromatic N) is 2. The molecule has 5 aromatic rings. The van der Waals surface area contributed by atoms with Gasteiger partial charge in [-0.15, -0.1) is 0 Å². The van der Waals surface area contributed by atoms with Gasteiger partial charge in [0.05, 0.1) is 13.7 Å².